The average molecular weight is 277 g/mol. The van der Waals surface area contributed by atoms with Gasteiger partial charge >= 0.3 is 0 Å². The van der Waals surface area contributed by atoms with E-state index in [1.807, 2.05) is 0 Å². The smallest absolute Gasteiger partial charge is 0.122 e. The molecule has 3 heteroatoms. The van der Waals surface area contributed by atoms with Crippen LogP contribution in [0.1, 0.15) is 37.3 Å². The lowest BCUT2D eigenvalue weighted by atomic mass is 9.97. The van der Waals surface area contributed by atoms with Crippen molar-refractivity contribution in [2.75, 3.05) is 20.3 Å². The number of ether oxygens (including phenoxy) is 2. The third-order valence-corrected chi connectivity index (χ3v) is 3.95. The Morgan fingerprint density at radius 3 is 2.95 bits per heavy atom. The van der Waals surface area contributed by atoms with Gasteiger partial charge in [-0.1, -0.05) is 24.6 Å². The van der Waals surface area contributed by atoms with E-state index in [2.05, 4.69) is 37.4 Å². The van der Waals surface area contributed by atoms with Crippen molar-refractivity contribution >= 4 is 0 Å². The van der Waals surface area contributed by atoms with Crippen molar-refractivity contribution < 1.29 is 9.47 Å². The first-order chi connectivity index (χ1) is 9.74. The van der Waals surface area contributed by atoms with Gasteiger partial charge in [-0.25, -0.2) is 0 Å². The van der Waals surface area contributed by atoms with Gasteiger partial charge in [-0.2, -0.15) is 0 Å². The van der Waals surface area contributed by atoms with Crippen LogP contribution in [0.25, 0.3) is 0 Å². The maximum Gasteiger partial charge on any atom is 0.122 e. The zero-order chi connectivity index (χ0) is 14.4. The summed E-state index contributed by atoms with van der Waals surface area (Å²) < 4.78 is 11.4. The molecular weight excluding hydrogens is 250 g/mol. The molecule has 20 heavy (non-hydrogen) atoms. The minimum Gasteiger partial charge on any atom is -0.496 e. The van der Waals surface area contributed by atoms with E-state index >= 15 is 0 Å². The van der Waals surface area contributed by atoms with E-state index in [0.29, 0.717) is 12.1 Å². The number of hydrogen-bond donors (Lipinski definition) is 1. The summed E-state index contributed by atoms with van der Waals surface area (Å²) in [4.78, 5) is 0. The maximum absolute atomic E-state index is 5.88. The Balaban J connectivity index is 2.11. The average Bonchev–Trinajstić information content (AvgIpc) is 2.97. The first-order valence-electron chi connectivity index (χ1n) is 7.73. The molecule has 0 bridgehead atoms. The third-order valence-electron chi connectivity index (χ3n) is 3.95. The number of aryl methyl sites for hydroxylation is 1. The van der Waals surface area contributed by atoms with Gasteiger partial charge in [0.2, 0.25) is 0 Å². The molecule has 1 aliphatic rings. The Hall–Kier alpha value is -1.06. The molecule has 0 spiro atoms. The summed E-state index contributed by atoms with van der Waals surface area (Å²) in [5.74, 6) is 0.983. The highest BCUT2D eigenvalue weighted by Crippen LogP contribution is 2.25. The van der Waals surface area contributed by atoms with Crippen LogP contribution < -0.4 is 10.1 Å². The molecule has 1 aromatic carbocycles. The summed E-state index contributed by atoms with van der Waals surface area (Å²) >= 11 is 0. The minimum atomic E-state index is 0.340. The summed E-state index contributed by atoms with van der Waals surface area (Å²) in [6.45, 7) is 6.27. The summed E-state index contributed by atoms with van der Waals surface area (Å²) in [6, 6.07) is 6.78. The highest BCUT2D eigenvalue weighted by Gasteiger charge is 2.26. The van der Waals surface area contributed by atoms with Crippen molar-refractivity contribution in [1.82, 2.24) is 5.32 Å². The fraction of sp³-hybridized carbons (Fsp3) is 0.647. The van der Waals surface area contributed by atoms with Gasteiger partial charge in [0, 0.05) is 12.6 Å². The number of methoxy groups -OCH3 is 1. The Labute approximate surface area is 122 Å². The summed E-state index contributed by atoms with van der Waals surface area (Å²) in [7, 11) is 1.74. The van der Waals surface area contributed by atoms with Gasteiger partial charge in [0.05, 0.1) is 13.2 Å². The first-order valence-corrected chi connectivity index (χ1v) is 7.73. The van der Waals surface area contributed by atoms with E-state index in [-0.39, 0.29) is 0 Å². The molecule has 3 nitrogen and oxygen atoms in total. The van der Waals surface area contributed by atoms with Crippen LogP contribution in [0.4, 0.5) is 0 Å². The van der Waals surface area contributed by atoms with Gasteiger partial charge in [0.15, 0.2) is 0 Å². The molecule has 112 valence electrons. The predicted octanol–water partition coefficient (Wildman–Crippen LogP) is 3.09. The van der Waals surface area contributed by atoms with E-state index in [4.69, 9.17) is 9.47 Å². The molecule has 0 aromatic heterocycles. The number of nitrogens with one attached hydrogen (secondary N) is 1. The Morgan fingerprint density at radius 2 is 2.30 bits per heavy atom. The maximum atomic E-state index is 5.88. The molecule has 2 unspecified atom stereocenters. The second-order valence-corrected chi connectivity index (χ2v) is 5.63. The first kappa shape index (κ1) is 15.3. The molecule has 2 atom stereocenters. The highest BCUT2D eigenvalue weighted by atomic mass is 16.5. The summed E-state index contributed by atoms with van der Waals surface area (Å²) in [6.07, 6.45) is 4.80. The molecule has 1 saturated heterocycles. The summed E-state index contributed by atoms with van der Waals surface area (Å²) in [5, 5.41) is 3.65. The lowest BCUT2D eigenvalue weighted by molar-refractivity contribution is 0.0782. The Morgan fingerprint density at radius 1 is 1.45 bits per heavy atom. The van der Waals surface area contributed by atoms with Gasteiger partial charge in [0.25, 0.3) is 0 Å². The van der Waals surface area contributed by atoms with E-state index in [1.165, 1.54) is 17.5 Å². The van der Waals surface area contributed by atoms with Crippen molar-refractivity contribution in [2.24, 2.45) is 0 Å². The predicted molar refractivity (Wildman–Crippen MR) is 82.5 cm³/mol. The van der Waals surface area contributed by atoms with Crippen LogP contribution in [-0.2, 0) is 11.2 Å². The minimum absolute atomic E-state index is 0.340. The Bertz CT molecular complexity index is 413. The lowest BCUT2D eigenvalue weighted by Gasteiger charge is -2.25. The largest absolute Gasteiger partial charge is 0.496 e. The molecule has 1 fully saturated rings. The van der Waals surface area contributed by atoms with Crippen LogP contribution in [0.5, 0.6) is 5.75 Å². The standard InChI is InChI=1S/C17H27NO2/c1-4-9-18-15(17-6-5-10-20-17)12-14-11-13(2)7-8-16(14)19-3/h7-8,11,15,17-18H,4-6,9-10,12H2,1-3H3. The molecular formula is C17H27NO2. The fourth-order valence-electron chi connectivity index (χ4n) is 2.89. The Kier molecular flexibility index (Phi) is 5.86. The van der Waals surface area contributed by atoms with Gasteiger partial charge in [-0.3, -0.25) is 0 Å². The normalized spacial score (nSPS) is 20.1. The van der Waals surface area contributed by atoms with Crippen LogP contribution >= 0.6 is 0 Å². The number of rotatable bonds is 7. The highest BCUT2D eigenvalue weighted by molar-refractivity contribution is 5.37. The molecule has 0 aliphatic carbocycles. The van der Waals surface area contributed by atoms with Crippen LogP contribution in [-0.4, -0.2) is 32.4 Å². The number of hydrogen-bond acceptors (Lipinski definition) is 3. The fourth-order valence-corrected chi connectivity index (χ4v) is 2.89. The second-order valence-electron chi connectivity index (χ2n) is 5.63. The van der Waals surface area contributed by atoms with Gasteiger partial charge in [0.1, 0.15) is 5.75 Å². The molecule has 1 aromatic rings. The van der Waals surface area contributed by atoms with Crippen molar-refractivity contribution in [3.8, 4) is 5.75 Å². The van der Waals surface area contributed by atoms with Crippen molar-refractivity contribution in [1.29, 1.82) is 0 Å². The monoisotopic (exact) mass is 277 g/mol. The lowest BCUT2D eigenvalue weighted by Crippen LogP contribution is -2.41. The zero-order valence-corrected chi connectivity index (χ0v) is 12.9. The van der Waals surface area contributed by atoms with Gasteiger partial charge in [-0.05, 0) is 50.8 Å². The number of benzene rings is 1. The quantitative estimate of drug-likeness (QED) is 0.831. The van der Waals surface area contributed by atoms with Crippen LogP contribution in [0.15, 0.2) is 18.2 Å². The van der Waals surface area contributed by atoms with Crippen LogP contribution in [0.3, 0.4) is 0 Å². The molecule has 2 rings (SSSR count). The van der Waals surface area contributed by atoms with E-state index in [1.54, 1.807) is 7.11 Å². The van der Waals surface area contributed by atoms with Crippen LogP contribution in [0.2, 0.25) is 0 Å². The van der Waals surface area contributed by atoms with E-state index in [0.717, 1.165) is 38.2 Å². The summed E-state index contributed by atoms with van der Waals surface area (Å²) in [5.41, 5.74) is 2.55. The molecule has 0 radical (unpaired) electrons. The van der Waals surface area contributed by atoms with Crippen molar-refractivity contribution in [2.45, 2.75) is 51.7 Å². The second kappa shape index (κ2) is 7.65. The van der Waals surface area contributed by atoms with Crippen molar-refractivity contribution in [3.05, 3.63) is 29.3 Å². The van der Waals surface area contributed by atoms with Gasteiger partial charge < -0.3 is 14.8 Å². The van der Waals surface area contributed by atoms with E-state index in [9.17, 15) is 0 Å². The molecule has 0 saturated carbocycles. The topological polar surface area (TPSA) is 30.5 Å². The third kappa shape index (κ3) is 3.97. The van der Waals surface area contributed by atoms with Crippen LogP contribution in [0, 0.1) is 6.92 Å². The van der Waals surface area contributed by atoms with Gasteiger partial charge in [-0.15, -0.1) is 0 Å². The molecule has 0 amide bonds. The van der Waals surface area contributed by atoms with Crippen molar-refractivity contribution in [3.63, 3.8) is 0 Å². The molecule has 1 aliphatic heterocycles. The SMILES string of the molecule is CCCNC(Cc1cc(C)ccc1OC)C1CCCO1. The molecule has 1 N–H and O–H groups in total. The zero-order valence-electron chi connectivity index (χ0n) is 12.9. The molecule has 1 heterocycles. The van der Waals surface area contributed by atoms with E-state index < -0.39 is 0 Å².